The highest BCUT2D eigenvalue weighted by atomic mass is 19.1. The summed E-state index contributed by atoms with van der Waals surface area (Å²) >= 11 is 0. The van der Waals surface area contributed by atoms with Crippen molar-refractivity contribution in [3.63, 3.8) is 0 Å². The molecule has 1 aromatic carbocycles. The van der Waals surface area contributed by atoms with E-state index in [-0.39, 0.29) is 23.3 Å². The molecular weight excluding hydrogens is 287 g/mol. The fourth-order valence-electron chi connectivity index (χ4n) is 3.03. The minimum atomic E-state index is -0.614. The van der Waals surface area contributed by atoms with Gasteiger partial charge in [-0.25, -0.2) is 4.39 Å². The van der Waals surface area contributed by atoms with Crippen LogP contribution < -0.4 is 15.2 Å². The lowest BCUT2D eigenvalue weighted by molar-refractivity contribution is 0.0527. The zero-order valence-electron chi connectivity index (χ0n) is 13.3. The highest BCUT2D eigenvalue weighted by Crippen LogP contribution is 2.32. The molecule has 2 atom stereocenters. The highest BCUT2D eigenvalue weighted by molar-refractivity contribution is 5.95. The second kappa shape index (κ2) is 6.96. The number of carbonyl (C=O) groups excluding carboxylic acids is 1. The Morgan fingerprint density at radius 1 is 1.36 bits per heavy atom. The van der Waals surface area contributed by atoms with E-state index in [9.17, 15) is 9.18 Å². The van der Waals surface area contributed by atoms with Gasteiger partial charge >= 0.3 is 0 Å². The van der Waals surface area contributed by atoms with Crippen molar-refractivity contribution in [2.75, 3.05) is 27.3 Å². The monoisotopic (exact) mass is 310 g/mol. The average Bonchev–Trinajstić information content (AvgIpc) is 2.53. The van der Waals surface area contributed by atoms with E-state index in [2.05, 4.69) is 6.92 Å². The maximum atomic E-state index is 14.3. The number of piperidine rings is 1. The fourth-order valence-corrected chi connectivity index (χ4v) is 3.03. The third-order valence-electron chi connectivity index (χ3n) is 4.32. The van der Waals surface area contributed by atoms with Crippen molar-refractivity contribution >= 4 is 5.91 Å². The third-order valence-corrected chi connectivity index (χ3v) is 4.32. The standard InChI is InChI=1S/C16H23FN2O3/c1-10-5-4-6-19(13(10)9-18)16(20)11-7-14(21-2)15(22-3)8-12(11)17/h7-8,10,13H,4-6,9,18H2,1-3H3/t10-,13-/m0/s1. The van der Waals surface area contributed by atoms with Crippen LogP contribution in [0.25, 0.3) is 0 Å². The molecule has 1 aromatic rings. The van der Waals surface area contributed by atoms with Crippen LogP contribution in [-0.2, 0) is 0 Å². The maximum Gasteiger partial charge on any atom is 0.257 e. The lowest BCUT2D eigenvalue weighted by Gasteiger charge is -2.39. The number of hydrogen-bond donors (Lipinski definition) is 1. The molecule has 122 valence electrons. The molecule has 6 heteroatoms. The van der Waals surface area contributed by atoms with Gasteiger partial charge in [0.15, 0.2) is 11.5 Å². The predicted octanol–water partition coefficient (Wildman–Crippen LogP) is 2.04. The summed E-state index contributed by atoms with van der Waals surface area (Å²) in [5, 5.41) is 0. The van der Waals surface area contributed by atoms with Crippen molar-refractivity contribution in [1.82, 2.24) is 4.90 Å². The lowest BCUT2D eigenvalue weighted by Crippen LogP contribution is -2.51. The van der Waals surface area contributed by atoms with E-state index in [1.54, 1.807) is 4.90 Å². The minimum absolute atomic E-state index is 0.00907. The summed E-state index contributed by atoms with van der Waals surface area (Å²) in [7, 11) is 2.88. The van der Waals surface area contributed by atoms with Gasteiger partial charge in [-0.1, -0.05) is 6.92 Å². The van der Waals surface area contributed by atoms with Crippen LogP contribution in [0.5, 0.6) is 11.5 Å². The van der Waals surface area contributed by atoms with E-state index in [1.807, 2.05) is 0 Å². The number of benzene rings is 1. The second-order valence-electron chi connectivity index (χ2n) is 5.61. The molecular formula is C16H23FN2O3. The zero-order chi connectivity index (χ0) is 16.3. The molecule has 0 unspecified atom stereocenters. The number of nitrogens with two attached hydrogens (primary N) is 1. The van der Waals surface area contributed by atoms with Crippen molar-refractivity contribution in [2.24, 2.45) is 11.7 Å². The molecule has 1 heterocycles. The number of ether oxygens (including phenoxy) is 2. The van der Waals surface area contributed by atoms with Gasteiger partial charge in [-0.05, 0) is 24.8 Å². The van der Waals surface area contributed by atoms with Gasteiger partial charge < -0.3 is 20.1 Å². The molecule has 0 aromatic heterocycles. The van der Waals surface area contributed by atoms with Gasteiger partial charge in [0.1, 0.15) is 5.82 Å². The molecule has 5 nitrogen and oxygen atoms in total. The Labute approximate surface area is 130 Å². The second-order valence-corrected chi connectivity index (χ2v) is 5.61. The third kappa shape index (κ3) is 3.02. The smallest absolute Gasteiger partial charge is 0.257 e. The summed E-state index contributed by atoms with van der Waals surface area (Å²) in [5.41, 5.74) is 5.80. The molecule has 1 fully saturated rings. The number of methoxy groups -OCH3 is 2. The number of amides is 1. The first kappa shape index (κ1) is 16.5. The van der Waals surface area contributed by atoms with Crippen LogP contribution in [-0.4, -0.2) is 44.2 Å². The maximum absolute atomic E-state index is 14.3. The van der Waals surface area contributed by atoms with Crippen LogP contribution in [0.3, 0.4) is 0 Å². The molecule has 22 heavy (non-hydrogen) atoms. The Kier molecular flexibility index (Phi) is 5.24. The van der Waals surface area contributed by atoms with E-state index in [0.717, 1.165) is 12.8 Å². The molecule has 0 radical (unpaired) electrons. The predicted molar refractivity (Wildman–Crippen MR) is 81.8 cm³/mol. The van der Waals surface area contributed by atoms with Gasteiger partial charge in [0.2, 0.25) is 0 Å². The van der Waals surface area contributed by atoms with Crippen LogP contribution in [0.2, 0.25) is 0 Å². The Morgan fingerprint density at radius 3 is 2.59 bits per heavy atom. The van der Waals surface area contributed by atoms with Gasteiger partial charge in [0, 0.05) is 25.2 Å². The van der Waals surface area contributed by atoms with Crippen molar-refractivity contribution in [1.29, 1.82) is 0 Å². The van der Waals surface area contributed by atoms with E-state index in [1.165, 1.54) is 26.4 Å². The molecule has 2 rings (SSSR count). The first-order chi connectivity index (χ1) is 10.5. The van der Waals surface area contributed by atoms with Gasteiger partial charge in [0.05, 0.1) is 19.8 Å². The van der Waals surface area contributed by atoms with Crippen molar-refractivity contribution in [3.8, 4) is 11.5 Å². The summed E-state index contributed by atoms with van der Waals surface area (Å²) in [6, 6.07) is 2.51. The van der Waals surface area contributed by atoms with Gasteiger partial charge in [0.25, 0.3) is 5.91 Å². The fraction of sp³-hybridized carbons (Fsp3) is 0.562. The molecule has 0 aliphatic carbocycles. The van der Waals surface area contributed by atoms with E-state index >= 15 is 0 Å². The van der Waals surface area contributed by atoms with Crippen LogP contribution >= 0.6 is 0 Å². The molecule has 0 spiro atoms. The van der Waals surface area contributed by atoms with E-state index in [0.29, 0.717) is 24.8 Å². The van der Waals surface area contributed by atoms with Crippen LogP contribution in [0, 0.1) is 11.7 Å². The largest absolute Gasteiger partial charge is 0.493 e. The normalized spacial score (nSPS) is 21.6. The molecule has 2 N–H and O–H groups in total. The van der Waals surface area contributed by atoms with E-state index < -0.39 is 5.82 Å². The molecule has 1 aliphatic rings. The summed E-state index contributed by atoms with van der Waals surface area (Å²) in [6.45, 7) is 3.04. The van der Waals surface area contributed by atoms with E-state index in [4.69, 9.17) is 15.2 Å². The molecule has 0 bridgehead atoms. The SMILES string of the molecule is COc1cc(F)c(C(=O)N2CCC[C@H](C)[C@@H]2CN)cc1OC. The molecule has 1 aliphatic heterocycles. The van der Waals surface area contributed by atoms with Crippen molar-refractivity contribution in [3.05, 3.63) is 23.5 Å². The van der Waals surface area contributed by atoms with Gasteiger partial charge in [-0.3, -0.25) is 4.79 Å². The minimum Gasteiger partial charge on any atom is -0.493 e. The van der Waals surface area contributed by atoms with Crippen LogP contribution in [0.4, 0.5) is 4.39 Å². The summed E-state index contributed by atoms with van der Waals surface area (Å²) in [5.74, 6) is -0.0523. The van der Waals surface area contributed by atoms with Crippen molar-refractivity contribution < 1.29 is 18.7 Å². The highest BCUT2D eigenvalue weighted by Gasteiger charge is 2.32. The molecule has 0 saturated carbocycles. The zero-order valence-corrected chi connectivity index (χ0v) is 13.3. The Hall–Kier alpha value is -1.82. The summed E-state index contributed by atoms with van der Waals surface area (Å²) in [6.07, 6.45) is 1.93. The Balaban J connectivity index is 2.36. The quantitative estimate of drug-likeness (QED) is 0.924. The lowest BCUT2D eigenvalue weighted by atomic mass is 9.90. The first-order valence-electron chi connectivity index (χ1n) is 7.46. The number of rotatable bonds is 4. The summed E-state index contributed by atoms with van der Waals surface area (Å²) in [4.78, 5) is 14.4. The topological polar surface area (TPSA) is 64.8 Å². The number of nitrogens with zero attached hydrogens (tertiary/aromatic N) is 1. The number of hydrogen-bond acceptors (Lipinski definition) is 4. The number of halogens is 1. The number of likely N-dealkylation sites (tertiary alicyclic amines) is 1. The van der Waals surface area contributed by atoms with Gasteiger partial charge in [-0.15, -0.1) is 0 Å². The van der Waals surface area contributed by atoms with Crippen LogP contribution in [0.1, 0.15) is 30.1 Å². The van der Waals surface area contributed by atoms with Crippen LogP contribution in [0.15, 0.2) is 12.1 Å². The average molecular weight is 310 g/mol. The molecule has 1 saturated heterocycles. The number of carbonyl (C=O) groups is 1. The Morgan fingerprint density at radius 2 is 2.00 bits per heavy atom. The molecule has 1 amide bonds. The Bertz CT molecular complexity index is 550. The summed E-state index contributed by atoms with van der Waals surface area (Å²) < 4.78 is 24.5. The van der Waals surface area contributed by atoms with Crippen molar-refractivity contribution in [2.45, 2.75) is 25.8 Å². The first-order valence-corrected chi connectivity index (χ1v) is 7.46. The van der Waals surface area contributed by atoms with Gasteiger partial charge in [-0.2, -0.15) is 0 Å².